The fourth-order valence-corrected chi connectivity index (χ4v) is 1.50. The van der Waals surface area contributed by atoms with Gasteiger partial charge >= 0.3 is 0 Å². The van der Waals surface area contributed by atoms with Crippen molar-refractivity contribution in [3.8, 4) is 0 Å². The standard InChI is InChI=1S/C6H16BN3O/c1-6(10-5(8)9)3-2-4(7)11-6/h4-5,10H,2-3,7-9H2,1H3/t4-,6-/m1/s1. The van der Waals surface area contributed by atoms with Crippen molar-refractivity contribution >= 4 is 7.85 Å². The van der Waals surface area contributed by atoms with E-state index in [0.29, 0.717) is 6.00 Å². The Bertz CT molecular complexity index is 144. The van der Waals surface area contributed by atoms with Crippen molar-refractivity contribution in [2.75, 3.05) is 0 Å². The van der Waals surface area contributed by atoms with Gasteiger partial charge in [0.05, 0.1) is 0 Å². The van der Waals surface area contributed by atoms with Crippen LogP contribution >= 0.6 is 0 Å². The number of hydrogen-bond donors (Lipinski definition) is 3. The van der Waals surface area contributed by atoms with Gasteiger partial charge in [0.25, 0.3) is 0 Å². The first-order valence-electron chi connectivity index (χ1n) is 3.98. The van der Waals surface area contributed by atoms with E-state index in [4.69, 9.17) is 16.2 Å². The second-order valence-electron chi connectivity index (χ2n) is 3.37. The van der Waals surface area contributed by atoms with Crippen molar-refractivity contribution in [3.05, 3.63) is 0 Å². The monoisotopic (exact) mass is 157 g/mol. The zero-order chi connectivity index (χ0) is 8.48. The first-order chi connectivity index (χ1) is 5.02. The molecule has 2 atom stereocenters. The molecule has 0 aromatic heterocycles. The Morgan fingerprint density at radius 1 is 1.73 bits per heavy atom. The van der Waals surface area contributed by atoms with Crippen LogP contribution in [0.1, 0.15) is 19.8 Å². The molecule has 1 fully saturated rings. The van der Waals surface area contributed by atoms with E-state index in [1.54, 1.807) is 0 Å². The maximum absolute atomic E-state index is 5.59. The summed E-state index contributed by atoms with van der Waals surface area (Å²) >= 11 is 0. The second kappa shape index (κ2) is 3.10. The largest absolute Gasteiger partial charge is 0.367 e. The molecule has 5 heteroatoms. The van der Waals surface area contributed by atoms with Crippen molar-refractivity contribution in [2.24, 2.45) is 11.5 Å². The SMILES string of the molecule is B[C@H]1CC[C@](C)(NC(N)N)O1. The summed E-state index contributed by atoms with van der Waals surface area (Å²) in [5, 5.41) is 2.98. The minimum Gasteiger partial charge on any atom is -0.367 e. The van der Waals surface area contributed by atoms with E-state index >= 15 is 0 Å². The maximum atomic E-state index is 5.59. The van der Waals surface area contributed by atoms with E-state index in [2.05, 4.69) is 13.2 Å². The summed E-state index contributed by atoms with van der Waals surface area (Å²) in [6.45, 7) is 1.98. The molecule has 0 spiro atoms. The fraction of sp³-hybridized carbons (Fsp3) is 1.00. The van der Waals surface area contributed by atoms with E-state index in [1.807, 2.05) is 6.92 Å². The van der Waals surface area contributed by atoms with Gasteiger partial charge in [-0.05, 0) is 19.8 Å². The summed E-state index contributed by atoms with van der Waals surface area (Å²) in [5.74, 6) is 0. The molecule has 5 N–H and O–H groups in total. The van der Waals surface area contributed by atoms with Crippen molar-refractivity contribution < 1.29 is 4.74 Å². The van der Waals surface area contributed by atoms with Gasteiger partial charge in [-0.25, -0.2) is 0 Å². The van der Waals surface area contributed by atoms with Gasteiger partial charge < -0.3 is 16.2 Å². The molecule has 11 heavy (non-hydrogen) atoms. The molecule has 0 aliphatic carbocycles. The minimum absolute atomic E-state index is 0.311. The van der Waals surface area contributed by atoms with Crippen molar-refractivity contribution in [1.82, 2.24) is 5.32 Å². The third-order valence-electron chi connectivity index (χ3n) is 1.96. The predicted octanol–water partition coefficient (Wildman–Crippen LogP) is -1.74. The van der Waals surface area contributed by atoms with Gasteiger partial charge in [-0.15, -0.1) is 0 Å². The van der Waals surface area contributed by atoms with Gasteiger partial charge in [0.2, 0.25) is 0 Å². The Labute approximate surface area is 68.1 Å². The lowest BCUT2D eigenvalue weighted by atomic mass is 9.97. The van der Waals surface area contributed by atoms with Crippen molar-refractivity contribution in [2.45, 2.75) is 37.8 Å². The van der Waals surface area contributed by atoms with Gasteiger partial charge in [0.1, 0.15) is 19.9 Å². The Hall–Kier alpha value is -0.0951. The van der Waals surface area contributed by atoms with Crippen molar-refractivity contribution in [1.29, 1.82) is 0 Å². The molecule has 0 aromatic rings. The molecule has 0 bridgehead atoms. The zero-order valence-electron chi connectivity index (χ0n) is 7.13. The molecule has 0 saturated carbocycles. The highest BCUT2D eigenvalue weighted by Gasteiger charge is 2.33. The van der Waals surface area contributed by atoms with Crippen LogP contribution in [0, 0.1) is 0 Å². The molecule has 1 saturated heterocycles. The van der Waals surface area contributed by atoms with E-state index in [0.717, 1.165) is 12.8 Å². The number of rotatable bonds is 2. The Morgan fingerprint density at radius 3 is 2.73 bits per heavy atom. The third-order valence-corrected chi connectivity index (χ3v) is 1.96. The predicted molar refractivity (Wildman–Crippen MR) is 46.4 cm³/mol. The number of ether oxygens (including phenoxy) is 1. The molecule has 0 amide bonds. The Balaban J connectivity index is 2.42. The molecule has 4 nitrogen and oxygen atoms in total. The van der Waals surface area contributed by atoms with E-state index in [9.17, 15) is 0 Å². The third kappa shape index (κ3) is 2.45. The van der Waals surface area contributed by atoms with Crippen LogP contribution in [-0.2, 0) is 4.74 Å². The Morgan fingerprint density at radius 2 is 2.36 bits per heavy atom. The zero-order valence-corrected chi connectivity index (χ0v) is 7.13. The molecule has 1 aliphatic heterocycles. The number of hydrogen-bond acceptors (Lipinski definition) is 4. The maximum Gasteiger partial charge on any atom is 0.139 e. The Kier molecular flexibility index (Phi) is 2.54. The molecule has 0 unspecified atom stereocenters. The van der Waals surface area contributed by atoms with Crippen LogP contribution in [0.5, 0.6) is 0 Å². The smallest absolute Gasteiger partial charge is 0.139 e. The number of nitrogens with two attached hydrogens (primary N) is 2. The summed E-state index contributed by atoms with van der Waals surface area (Å²) in [4.78, 5) is 0. The second-order valence-corrected chi connectivity index (χ2v) is 3.37. The van der Waals surface area contributed by atoms with Crippen LogP contribution in [-0.4, -0.2) is 25.9 Å². The lowest BCUT2D eigenvalue weighted by Gasteiger charge is -2.27. The molecule has 1 heterocycles. The van der Waals surface area contributed by atoms with Gasteiger partial charge in [-0.3, -0.25) is 5.32 Å². The normalized spacial score (nSPS) is 38.4. The molecular formula is C6H16BN3O. The molecule has 0 aromatic carbocycles. The van der Waals surface area contributed by atoms with Crippen LogP contribution in [0.3, 0.4) is 0 Å². The highest BCUT2D eigenvalue weighted by atomic mass is 16.5. The van der Waals surface area contributed by atoms with E-state index in [-0.39, 0.29) is 5.72 Å². The average molecular weight is 157 g/mol. The van der Waals surface area contributed by atoms with Gasteiger partial charge in [0.15, 0.2) is 0 Å². The highest BCUT2D eigenvalue weighted by molar-refractivity contribution is 6.11. The van der Waals surface area contributed by atoms with Crippen LogP contribution in [0.2, 0.25) is 0 Å². The summed E-state index contributed by atoms with van der Waals surface area (Å²) in [5.41, 5.74) is 10.5. The minimum atomic E-state index is -0.495. The molecule has 1 aliphatic rings. The average Bonchev–Trinajstić information content (AvgIpc) is 2.08. The quantitative estimate of drug-likeness (QED) is 0.328. The summed E-state index contributed by atoms with van der Waals surface area (Å²) < 4.78 is 5.59. The molecular weight excluding hydrogens is 141 g/mol. The lowest BCUT2D eigenvalue weighted by molar-refractivity contribution is -0.0312. The summed E-state index contributed by atoms with van der Waals surface area (Å²) in [6.07, 6.45) is 1.54. The first-order valence-corrected chi connectivity index (χ1v) is 3.98. The number of nitrogens with one attached hydrogen (secondary N) is 1. The van der Waals surface area contributed by atoms with E-state index in [1.165, 1.54) is 0 Å². The van der Waals surface area contributed by atoms with Crippen molar-refractivity contribution in [3.63, 3.8) is 0 Å². The highest BCUT2D eigenvalue weighted by Crippen LogP contribution is 2.25. The topological polar surface area (TPSA) is 73.3 Å². The van der Waals surface area contributed by atoms with Crippen LogP contribution in [0.4, 0.5) is 0 Å². The lowest BCUT2D eigenvalue weighted by Crippen LogP contribution is -2.56. The van der Waals surface area contributed by atoms with Gasteiger partial charge in [-0.2, -0.15) is 0 Å². The molecule has 0 radical (unpaired) electrons. The molecule has 1 rings (SSSR count). The van der Waals surface area contributed by atoms with Gasteiger partial charge in [-0.1, -0.05) is 0 Å². The van der Waals surface area contributed by atoms with E-state index < -0.39 is 6.29 Å². The van der Waals surface area contributed by atoms with Crippen LogP contribution in [0.15, 0.2) is 0 Å². The summed E-state index contributed by atoms with van der Waals surface area (Å²) in [6, 6.07) is 0.311. The van der Waals surface area contributed by atoms with Crippen LogP contribution in [0.25, 0.3) is 0 Å². The van der Waals surface area contributed by atoms with Crippen LogP contribution < -0.4 is 16.8 Å². The first kappa shape index (κ1) is 9.00. The molecule has 64 valence electrons. The summed E-state index contributed by atoms with van der Waals surface area (Å²) in [7, 11) is 2.05. The van der Waals surface area contributed by atoms with Gasteiger partial charge in [0, 0.05) is 6.00 Å². The fourth-order valence-electron chi connectivity index (χ4n) is 1.50.